The van der Waals surface area contributed by atoms with E-state index in [2.05, 4.69) is 55.8 Å². The fraction of sp³-hybridized carbons (Fsp3) is 0.0909. The van der Waals surface area contributed by atoms with Crippen LogP contribution >= 0.6 is 16.9 Å². The highest BCUT2D eigenvalue weighted by atomic mass is 31.2. The van der Waals surface area contributed by atoms with Gasteiger partial charge in [-0.3, -0.25) is 17.4 Å². The third-order valence-corrected chi connectivity index (χ3v) is 11.8. The Balaban J connectivity index is 1.60. The van der Waals surface area contributed by atoms with Gasteiger partial charge in [-0.2, -0.15) is 0 Å². The van der Waals surface area contributed by atoms with Crippen molar-refractivity contribution < 1.29 is 18.5 Å². The van der Waals surface area contributed by atoms with Crippen LogP contribution in [0.1, 0.15) is 47.2 Å². The molecule has 0 atom stereocenters. The van der Waals surface area contributed by atoms with Crippen molar-refractivity contribution in [1.29, 1.82) is 0 Å². The number of methoxy groups -OCH3 is 2. The van der Waals surface area contributed by atoms with E-state index in [0.717, 1.165) is 44.5 Å². The molecular weight excluding hydrogens is 710 g/mol. The molecule has 0 amide bonds. The molecule has 0 aliphatic heterocycles. The van der Waals surface area contributed by atoms with E-state index < -0.39 is 16.9 Å². The third-order valence-electron chi connectivity index (χ3n) is 8.54. The van der Waals surface area contributed by atoms with E-state index in [4.69, 9.17) is 18.5 Å². The lowest BCUT2D eigenvalue weighted by atomic mass is 9.97. The van der Waals surface area contributed by atoms with E-state index in [0.29, 0.717) is 23.0 Å². The van der Waals surface area contributed by atoms with E-state index >= 15 is 0 Å². The predicted molar refractivity (Wildman–Crippen MR) is 229 cm³/mol. The van der Waals surface area contributed by atoms with Gasteiger partial charge in [-0.15, -0.1) is 0 Å². The van der Waals surface area contributed by atoms with Gasteiger partial charge in [0.05, 0.1) is 14.2 Å². The smallest absolute Gasteiger partial charge is 0.317 e. The normalized spacial score (nSPS) is 11.4. The molecule has 0 bridgehead atoms. The van der Waals surface area contributed by atoms with Gasteiger partial charge in [0.1, 0.15) is 23.0 Å². The van der Waals surface area contributed by atoms with E-state index in [1.54, 1.807) is 14.2 Å². The second-order valence-electron chi connectivity index (χ2n) is 12.0. The molecule has 274 valence electrons. The van der Waals surface area contributed by atoms with Crippen molar-refractivity contribution in [3.05, 3.63) is 170 Å². The maximum absolute atomic E-state index is 7.17. The number of benzene rings is 2. The summed E-state index contributed by atoms with van der Waals surface area (Å²) in [4.78, 5) is 0. The molecule has 0 N–H and O–H groups in total. The molecule has 6 aromatic rings. The molecule has 0 fully saturated rings. The van der Waals surface area contributed by atoms with Gasteiger partial charge in [0.15, 0.2) is 0 Å². The molecule has 0 aliphatic carbocycles. The Morgan fingerprint density at radius 3 is 1.04 bits per heavy atom. The predicted octanol–water partition coefficient (Wildman–Crippen LogP) is 12.6. The van der Waals surface area contributed by atoms with Gasteiger partial charge in [-0.1, -0.05) is 74.9 Å². The van der Waals surface area contributed by atoms with E-state index in [1.165, 1.54) is 0 Å². The minimum absolute atomic E-state index is 0.601. The Morgan fingerprint density at radius 1 is 0.481 bits per heavy atom. The van der Waals surface area contributed by atoms with Gasteiger partial charge >= 0.3 is 16.9 Å². The quantitative estimate of drug-likeness (QED) is 0.0870. The van der Waals surface area contributed by atoms with E-state index in [9.17, 15) is 0 Å². The Kier molecular flexibility index (Phi) is 12.1. The van der Waals surface area contributed by atoms with Crippen molar-refractivity contribution >= 4 is 53.4 Å². The summed E-state index contributed by atoms with van der Waals surface area (Å²) in [6.45, 7) is 19.9. The SMILES string of the molecule is C=Cc1ccn(P(Oc2cc(OC)c(/C=C\C)cc2-c2cc(/C=C/C)c(OC)cc2OP(n2ccc(C=C)c2)n2ccc(C=C)c2)n2ccc(C=C)c2)c1. The molecule has 0 saturated carbocycles. The molecule has 8 nitrogen and oxygen atoms in total. The van der Waals surface area contributed by atoms with Crippen molar-refractivity contribution in [2.24, 2.45) is 0 Å². The molecule has 4 heterocycles. The Labute approximate surface area is 320 Å². The highest BCUT2D eigenvalue weighted by molar-refractivity contribution is 7.50. The van der Waals surface area contributed by atoms with Gasteiger partial charge in [-0.05, 0) is 72.5 Å². The molecule has 4 aromatic heterocycles. The Morgan fingerprint density at radius 2 is 0.796 bits per heavy atom. The zero-order valence-corrected chi connectivity index (χ0v) is 32.8. The maximum atomic E-state index is 7.17. The summed E-state index contributed by atoms with van der Waals surface area (Å²) in [5.74, 6) is 2.54. The van der Waals surface area contributed by atoms with Crippen LogP contribution in [0.2, 0.25) is 0 Å². The number of hydrogen-bond donors (Lipinski definition) is 0. The molecule has 0 spiro atoms. The first-order valence-electron chi connectivity index (χ1n) is 17.3. The van der Waals surface area contributed by atoms with Crippen LogP contribution in [0.5, 0.6) is 23.0 Å². The van der Waals surface area contributed by atoms with Crippen LogP contribution in [-0.2, 0) is 0 Å². The Hall–Kier alpha value is -5.94. The molecule has 0 unspecified atom stereocenters. The number of hydrogen-bond acceptors (Lipinski definition) is 4. The molecule has 2 aromatic carbocycles. The van der Waals surface area contributed by atoms with E-state index in [1.807, 2.05) is 148 Å². The van der Waals surface area contributed by atoms with Crippen LogP contribution in [-0.4, -0.2) is 31.6 Å². The maximum Gasteiger partial charge on any atom is 0.317 e. The highest BCUT2D eigenvalue weighted by Crippen LogP contribution is 2.52. The fourth-order valence-electron chi connectivity index (χ4n) is 5.82. The second kappa shape index (κ2) is 17.3. The van der Waals surface area contributed by atoms with Crippen molar-refractivity contribution in [1.82, 2.24) is 17.4 Å². The van der Waals surface area contributed by atoms with Gasteiger partial charge in [0.2, 0.25) is 0 Å². The molecular formula is C44H44N4O4P2. The average Bonchev–Trinajstić information content (AvgIpc) is 4.04. The molecule has 0 radical (unpaired) electrons. The van der Waals surface area contributed by atoms with Gasteiger partial charge in [0.25, 0.3) is 0 Å². The monoisotopic (exact) mass is 754 g/mol. The molecule has 10 heteroatoms. The number of aromatic nitrogens is 4. The first kappa shape index (κ1) is 37.8. The van der Waals surface area contributed by atoms with Crippen molar-refractivity contribution in [3.8, 4) is 34.1 Å². The first-order valence-corrected chi connectivity index (χ1v) is 19.6. The topological polar surface area (TPSA) is 56.6 Å². The van der Waals surface area contributed by atoms with Crippen LogP contribution in [0.4, 0.5) is 0 Å². The summed E-state index contributed by atoms with van der Waals surface area (Å²) in [5.41, 5.74) is 7.30. The minimum atomic E-state index is -1.50. The lowest BCUT2D eigenvalue weighted by Gasteiger charge is -2.25. The number of ether oxygens (including phenoxy) is 2. The summed E-state index contributed by atoms with van der Waals surface area (Å²) < 4.78 is 34.5. The molecule has 6 rings (SSSR count). The minimum Gasteiger partial charge on any atom is -0.496 e. The van der Waals surface area contributed by atoms with Gasteiger partial charge < -0.3 is 18.5 Å². The summed E-state index contributed by atoms with van der Waals surface area (Å²) in [6.07, 6.45) is 31.4. The standard InChI is InChI=1S/C44H44N4O4P2/c1-9-15-37-25-39(43(27-41(37)49-7)51-53(45-21-17-33(11-3)29-45)46-22-18-34(12-4)30-46)40-26-38(16-10-2)42(50-8)28-44(40)52-54(47-23-19-35(13-5)31-47)48-24-20-36(14-6)32-48/h9-32H,3-6H2,1-2,7-8H3/b15-9-,16-10+. The van der Waals surface area contributed by atoms with Gasteiger partial charge in [-0.25, -0.2) is 0 Å². The highest BCUT2D eigenvalue weighted by Gasteiger charge is 2.26. The molecule has 0 aliphatic rings. The second-order valence-corrected chi connectivity index (χ2v) is 15.2. The largest absolute Gasteiger partial charge is 0.496 e. The van der Waals surface area contributed by atoms with Crippen LogP contribution in [0.3, 0.4) is 0 Å². The van der Waals surface area contributed by atoms with Crippen LogP contribution in [0.25, 0.3) is 47.6 Å². The number of allylic oxidation sites excluding steroid dienone is 2. The molecule has 54 heavy (non-hydrogen) atoms. The van der Waals surface area contributed by atoms with Crippen molar-refractivity contribution in [3.63, 3.8) is 0 Å². The lowest BCUT2D eigenvalue weighted by molar-refractivity contribution is 0.411. The number of nitrogens with zero attached hydrogens (tertiary/aromatic N) is 4. The van der Waals surface area contributed by atoms with Crippen LogP contribution in [0.15, 0.2) is 137 Å². The summed E-state index contributed by atoms with van der Waals surface area (Å²) in [6, 6.07) is 16.1. The van der Waals surface area contributed by atoms with Crippen molar-refractivity contribution in [2.45, 2.75) is 13.8 Å². The average molecular weight is 755 g/mol. The summed E-state index contributed by atoms with van der Waals surface area (Å²) in [5, 5.41) is 0. The molecule has 0 saturated heterocycles. The zero-order chi connectivity index (χ0) is 38.2. The number of rotatable bonds is 17. The van der Waals surface area contributed by atoms with Crippen molar-refractivity contribution in [2.75, 3.05) is 14.2 Å². The fourth-order valence-corrected chi connectivity index (χ4v) is 8.98. The van der Waals surface area contributed by atoms with E-state index in [-0.39, 0.29) is 0 Å². The third kappa shape index (κ3) is 8.01. The Bertz CT molecular complexity index is 2100. The van der Waals surface area contributed by atoms with Gasteiger partial charge in [0, 0.05) is 84.0 Å². The summed E-state index contributed by atoms with van der Waals surface area (Å²) in [7, 11) is 0.342. The summed E-state index contributed by atoms with van der Waals surface area (Å²) >= 11 is 0. The zero-order valence-electron chi connectivity index (χ0n) is 31.0. The first-order chi connectivity index (χ1) is 26.4. The lowest BCUT2D eigenvalue weighted by Crippen LogP contribution is -2.07. The van der Waals surface area contributed by atoms with Crippen LogP contribution < -0.4 is 18.5 Å². The van der Waals surface area contributed by atoms with Crippen LogP contribution in [0, 0.1) is 0 Å².